The molecule has 0 saturated carbocycles. The Morgan fingerprint density at radius 3 is 2.70 bits per heavy atom. The number of hydrogen-bond donors (Lipinski definition) is 1. The van der Waals surface area contributed by atoms with Gasteiger partial charge < -0.3 is 5.11 Å². The molecule has 1 aromatic heterocycles. The zero-order valence-corrected chi connectivity index (χ0v) is 12.0. The Morgan fingerprint density at radius 2 is 2.00 bits per heavy atom. The molecule has 0 radical (unpaired) electrons. The molecule has 0 bridgehead atoms. The Labute approximate surface area is 122 Å². The molecule has 0 fully saturated rings. The number of benzene rings is 1. The number of aromatic nitrogens is 1. The first kappa shape index (κ1) is 13.2. The maximum Gasteiger partial charge on any atom is 0.338 e. The number of carboxylic acid groups (broad SMARTS) is 1. The van der Waals surface area contributed by atoms with E-state index in [1.165, 1.54) is 17.3 Å². The van der Waals surface area contributed by atoms with Crippen LogP contribution in [0.15, 0.2) is 40.3 Å². The second kappa shape index (κ2) is 5.29. The predicted molar refractivity (Wildman–Crippen MR) is 78.5 cm³/mol. The number of nitrogens with zero attached hydrogens (tertiary/aromatic N) is 1. The molecule has 1 aromatic carbocycles. The quantitative estimate of drug-likeness (QED) is 0.933. The van der Waals surface area contributed by atoms with E-state index < -0.39 is 5.97 Å². The Morgan fingerprint density at radius 1 is 1.25 bits per heavy atom. The number of carboxylic acids is 1. The van der Waals surface area contributed by atoms with Crippen LogP contribution in [0.2, 0.25) is 0 Å². The SMILES string of the molecule is Cc1ccc(Sc2nc3c(cc2C(=O)O)CCC3)cc1. The van der Waals surface area contributed by atoms with E-state index in [1.807, 2.05) is 31.2 Å². The predicted octanol–water partition coefficient (Wildman–Crippen LogP) is 3.73. The standard InChI is InChI=1S/C16H15NO2S/c1-10-5-7-12(8-6-10)20-15-13(16(18)19)9-11-3-2-4-14(11)17-15/h5-9H,2-4H2,1H3,(H,18,19). The van der Waals surface area contributed by atoms with Crippen molar-refractivity contribution in [1.29, 1.82) is 0 Å². The van der Waals surface area contributed by atoms with Crippen LogP contribution >= 0.6 is 11.8 Å². The van der Waals surface area contributed by atoms with Crippen molar-refractivity contribution in [2.24, 2.45) is 0 Å². The molecule has 0 spiro atoms. The molecular formula is C16H15NO2S. The average molecular weight is 285 g/mol. The number of aryl methyl sites for hydroxylation is 3. The van der Waals surface area contributed by atoms with Crippen LogP contribution in [-0.2, 0) is 12.8 Å². The summed E-state index contributed by atoms with van der Waals surface area (Å²) >= 11 is 1.43. The normalized spacial score (nSPS) is 13.2. The van der Waals surface area contributed by atoms with E-state index >= 15 is 0 Å². The van der Waals surface area contributed by atoms with Gasteiger partial charge in [-0.05, 0) is 49.9 Å². The fraction of sp³-hybridized carbons (Fsp3) is 0.250. The van der Waals surface area contributed by atoms with E-state index in [-0.39, 0.29) is 0 Å². The topological polar surface area (TPSA) is 50.2 Å². The van der Waals surface area contributed by atoms with E-state index in [1.54, 1.807) is 6.07 Å². The molecule has 4 heteroatoms. The second-order valence-electron chi connectivity index (χ2n) is 5.02. The molecule has 3 nitrogen and oxygen atoms in total. The van der Waals surface area contributed by atoms with Gasteiger partial charge in [0.2, 0.25) is 0 Å². The first-order chi connectivity index (χ1) is 9.63. The van der Waals surface area contributed by atoms with Gasteiger partial charge in [-0.2, -0.15) is 0 Å². The van der Waals surface area contributed by atoms with Crippen LogP contribution in [0.25, 0.3) is 0 Å². The Bertz CT molecular complexity index is 665. The number of rotatable bonds is 3. The van der Waals surface area contributed by atoms with Crippen LogP contribution in [0.5, 0.6) is 0 Å². The first-order valence-corrected chi connectivity index (χ1v) is 7.46. The third-order valence-corrected chi connectivity index (χ3v) is 4.49. The minimum atomic E-state index is -0.901. The lowest BCUT2D eigenvalue weighted by Gasteiger charge is -2.08. The van der Waals surface area contributed by atoms with Crippen LogP contribution in [-0.4, -0.2) is 16.1 Å². The van der Waals surface area contributed by atoms with Gasteiger partial charge in [0, 0.05) is 10.6 Å². The van der Waals surface area contributed by atoms with Crippen molar-refractivity contribution in [3.8, 4) is 0 Å². The smallest absolute Gasteiger partial charge is 0.338 e. The summed E-state index contributed by atoms with van der Waals surface area (Å²) in [6, 6.07) is 9.85. The van der Waals surface area contributed by atoms with Gasteiger partial charge in [-0.1, -0.05) is 29.5 Å². The molecule has 0 aliphatic heterocycles. The fourth-order valence-electron chi connectivity index (χ4n) is 2.40. The Kier molecular flexibility index (Phi) is 3.49. The lowest BCUT2D eigenvalue weighted by atomic mass is 10.1. The highest BCUT2D eigenvalue weighted by Gasteiger charge is 2.20. The summed E-state index contributed by atoms with van der Waals surface area (Å²) in [5.41, 5.74) is 3.66. The van der Waals surface area contributed by atoms with Gasteiger partial charge >= 0.3 is 5.97 Å². The van der Waals surface area contributed by atoms with Gasteiger partial charge in [-0.3, -0.25) is 0 Å². The minimum absolute atomic E-state index is 0.316. The summed E-state index contributed by atoms with van der Waals surface area (Å²) in [6.45, 7) is 2.03. The van der Waals surface area contributed by atoms with Gasteiger partial charge in [-0.25, -0.2) is 9.78 Å². The summed E-state index contributed by atoms with van der Waals surface area (Å²) in [6.07, 6.45) is 2.97. The maximum atomic E-state index is 11.4. The summed E-state index contributed by atoms with van der Waals surface area (Å²) in [7, 11) is 0. The number of aromatic carboxylic acids is 1. The summed E-state index contributed by atoms with van der Waals surface area (Å²) in [4.78, 5) is 17.0. The molecule has 1 aliphatic carbocycles. The molecule has 1 aliphatic rings. The average Bonchev–Trinajstić information content (AvgIpc) is 2.87. The molecule has 1 heterocycles. The van der Waals surface area contributed by atoms with Crippen molar-refractivity contribution < 1.29 is 9.90 Å². The van der Waals surface area contributed by atoms with Gasteiger partial charge in [0.25, 0.3) is 0 Å². The van der Waals surface area contributed by atoms with Crippen molar-refractivity contribution >= 4 is 17.7 Å². The monoisotopic (exact) mass is 285 g/mol. The number of pyridine rings is 1. The third-order valence-electron chi connectivity index (χ3n) is 3.48. The van der Waals surface area contributed by atoms with E-state index in [0.29, 0.717) is 10.6 Å². The molecule has 0 unspecified atom stereocenters. The van der Waals surface area contributed by atoms with Crippen LogP contribution in [0, 0.1) is 6.92 Å². The summed E-state index contributed by atoms with van der Waals surface area (Å²) in [5.74, 6) is -0.901. The fourth-order valence-corrected chi connectivity index (χ4v) is 3.31. The van der Waals surface area contributed by atoms with Crippen molar-refractivity contribution in [3.05, 3.63) is 52.7 Å². The highest BCUT2D eigenvalue weighted by molar-refractivity contribution is 7.99. The van der Waals surface area contributed by atoms with Gasteiger partial charge in [0.05, 0.1) is 5.56 Å². The number of fused-ring (bicyclic) bond motifs is 1. The van der Waals surface area contributed by atoms with Crippen LogP contribution in [0.4, 0.5) is 0 Å². The molecule has 2 aromatic rings. The molecule has 0 amide bonds. The van der Waals surface area contributed by atoms with Crippen LogP contribution in [0.1, 0.15) is 33.6 Å². The number of hydrogen-bond acceptors (Lipinski definition) is 3. The van der Waals surface area contributed by atoms with E-state index in [0.717, 1.165) is 35.4 Å². The Hall–Kier alpha value is -1.81. The van der Waals surface area contributed by atoms with E-state index in [4.69, 9.17) is 0 Å². The van der Waals surface area contributed by atoms with Crippen molar-refractivity contribution in [2.45, 2.75) is 36.1 Å². The maximum absolute atomic E-state index is 11.4. The van der Waals surface area contributed by atoms with Crippen LogP contribution < -0.4 is 0 Å². The molecular weight excluding hydrogens is 270 g/mol. The van der Waals surface area contributed by atoms with Crippen LogP contribution in [0.3, 0.4) is 0 Å². The lowest BCUT2D eigenvalue weighted by Crippen LogP contribution is -2.04. The number of carbonyl (C=O) groups is 1. The highest BCUT2D eigenvalue weighted by atomic mass is 32.2. The van der Waals surface area contributed by atoms with Gasteiger partial charge in [-0.15, -0.1) is 0 Å². The van der Waals surface area contributed by atoms with Crippen molar-refractivity contribution in [3.63, 3.8) is 0 Å². The molecule has 1 N–H and O–H groups in total. The molecule has 102 valence electrons. The molecule has 3 rings (SSSR count). The molecule has 0 atom stereocenters. The van der Waals surface area contributed by atoms with Crippen molar-refractivity contribution in [2.75, 3.05) is 0 Å². The minimum Gasteiger partial charge on any atom is -0.478 e. The van der Waals surface area contributed by atoms with Gasteiger partial charge in [0.1, 0.15) is 5.03 Å². The second-order valence-corrected chi connectivity index (χ2v) is 6.08. The summed E-state index contributed by atoms with van der Waals surface area (Å²) < 4.78 is 0. The first-order valence-electron chi connectivity index (χ1n) is 6.64. The third kappa shape index (κ3) is 2.56. The Balaban J connectivity index is 1.99. The molecule has 0 saturated heterocycles. The summed E-state index contributed by atoms with van der Waals surface area (Å²) in [5, 5.41) is 9.96. The van der Waals surface area contributed by atoms with Gasteiger partial charge in [0.15, 0.2) is 0 Å². The molecule has 20 heavy (non-hydrogen) atoms. The highest BCUT2D eigenvalue weighted by Crippen LogP contribution is 2.32. The van der Waals surface area contributed by atoms with Crippen molar-refractivity contribution in [1.82, 2.24) is 4.98 Å². The lowest BCUT2D eigenvalue weighted by molar-refractivity contribution is 0.0692. The zero-order chi connectivity index (χ0) is 14.1. The van der Waals surface area contributed by atoms with E-state index in [2.05, 4.69) is 4.98 Å². The van der Waals surface area contributed by atoms with E-state index in [9.17, 15) is 9.90 Å². The zero-order valence-electron chi connectivity index (χ0n) is 11.2. The largest absolute Gasteiger partial charge is 0.478 e.